The number of hydrogen-bond donors (Lipinski definition) is 2. The minimum atomic E-state index is -0.812. The molecular formula is C12H21NO3. The molecule has 0 atom stereocenters. The molecule has 0 bridgehead atoms. The number of aliphatic hydroxyl groups is 1. The van der Waals surface area contributed by atoms with Crippen LogP contribution in [0.2, 0.25) is 0 Å². The quantitative estimate of drug-likeness (QED) is 0.691. The summed E-state index contributed by atoms with van der Waals surface area (Å²) < 4.78 is 0. The van der Waals surface area contributed by atoms with Crippen LogP contribution in [0.1, 0.15) is 26.2 Å². The Morgan fingerprint density at radius 3 is 2.50 bits per heavy atom. The van der Waals surface area contributed by atoms with Crippen LogP contribution >= 0.6 is 0 Å². The number of carboxylic acid groups (broad SMARTS) is 1. The van der Waals surface area contributed by atoms with Crippen molar-refractivity contribution in [3.05, 3.63) is 11.6 Å². The van der Waals surface area contributed by atoms with Crippen molar-refractivity contribution in [2.75, 3.05) is 26.2 Å². The number of carbonyl (C=O) groups is 1. The van der Waals surface area contributed by atoms with Crippen LogP contribution in [0, 0.1) is 5.92 Å². The molecule has 0 unspecified atom stereocenters. The molecular weight excluding hydrogens is 206 g/mol. The van der Waals surface area contributed by atoms with Gasteiger partial charge < -0.3 is 10.2 Å². The smallest absolute Gasteiger partial charge is 0.331 e. The second-order valence-electron chi connectivity index (χ2n) is 4.31. The lowest BCUT2D eigenvalue weighted by atomic mass is 9.98. The summed E-state index contributed by atoms with van der Waals surface area (Å²) in [6.45, 7) is 4.77. The van der Waals surface area contributed by atoms with Gasteiger partial charge in [-0.1, -0.05) is 13.0 Å². The average Bonchev–Trinajstić information content (AvgIpc) is 2.30. The third-order valence-electron chi connectivity index (χ3n) is 3.22. The third-order valence-corrected chi connectivity index (χ3v) is 3.22. The molecule has 1 aliphatic heterocycles. The van der Waals surface area contributed by atoms with Gasteiger partial charge in [0.05, 0.1) is 0 Å². The Hall–Kier alpha value is -0.870. The Morgan fingerprint density at radius 2 is 2.06 bits per heavy atom. The summed E-state index contributed by atoms with van der Waals surface area (Å²) in [5, 5.41) is 17.9. The van der Waals surface area contributed by atoms with E-state index in [1.165, 1.54) is 0 Å². The molecule has 1 fully saturated rings. The Balaban J connectivity index is 2.36. The van der Waals surface area contributed by atoms with Crippen molar-refractivity contribution < 1.29 is 15.0 Å². The third kappa shape index (κ3) is 3.94. The summed E-state index contributed by atoms with van der Waals surface area (Å²) in [4.78, 5) is 13.0. The van der Waals surface area contributed by atoms with Crippen LogP contribution in [0.4, 0.5) is 0 Å². The van der Waals surface area contributed by atoms with Crippen LogP contribution in [0.3, 0.4) is 0 Å². The molecule has 4 nitrogen and oxygen atoms in total. The molecule has 0 radical (unpaired) electrons. The maximum atomic E-state index is 10.8. The standard InChI is InChI=1S/C12H21NO3/c1-2-11(12(15)16)5-8-13-6-3-10(9-14)4-7-13/h5,10,14H,2-4,6-9H2,1H3,(H,15,16). The highest BCUT2D eigenvalue weighted by Gasteiger charge is 2.17. The lowest BCUT2D eigenvalue weighted by Crippen LogP contribution is -2.35. The van der Waals surface area contributed by atoms with E-state index in [2.05, 4.69) is 4.90 Å². The number of aliphatic hydroxyl groups excluding tert-OH is 1. The van der Waals surface area contributed by atoms with Crippen molar-refractivity contribution in [2.24, 2.45) is 5.92 Å². The first-order valence-corrected chi connectivity index (χ1v) is 5.92. The van der Waals surface area contributed by atoms with Crippen molar-refractivity contribution >= 4 is 5.97 Å². The number of hydrogen-bond acceptors (Lipinski definition) is 3. The highest BCUT2D eigenvalue weighted by Crippen LogP contribution is 2.16. The second-order valence-corrected chi connectivity index (χ2v) is 4.31. The largest absolute Gasteiger partial charge is 0.478 e. The van der Waals surface area contributed by atoms with Gasteiger partial charge in [0.1, 0.15) is 0 Å². The van der Waals surface area contributed by atoms with Gasteiger partial charge in [-0.3, -0.25) is 4.90 Å². The van der Waals surface area contributed by atoms with Crippen molar-refractivity contribution in [3.8, 4) is 0 Å². The molecule has 1 rings (SSSR count). The van der Waals surface area contributed by atoms with Gasteiger partial charge in [-0.05, 0) is 38.3 Å². The number of nitrogens with zero attached hydrogens (tertiary/aromatic N) is 1. The van der Waals surface area contributed by atoms with Crippen molar-refractivity contribution in [1.82, 2.24) is 4.90 Å². The molecule has 2 N–H and O–H groups in total. The van der Waals surface area contributed by atoms with E-state index >= 15 is 0 Å². The number of rotatable bonds is 5. The first-order valence-electron chi connectivity index (χ1n) is 5.92. The first-order chi connectivity index (χ1) is 7.67. The van der Waals surface area contributed by atoms with Crippen LogP contribution in [0.5, 0.6) is 0 Å². The van der Waals surface area contributed by atoms with Gasteiger partial charge in [-0.2, -0.15) is 0 Å². The maximum absolute atomic E-state index is 10.8. The summed E-state index contributed by atoms with van der Waals surface area (Å²) >= 11 is 0. The fourth-order valence-corrected chi connectivity index (χ4v) is 1.97. The van der Waals surface area contributed by atoms with Crippen molar-refractivity contribution in [1.29, 1.82) is 0 Å². The number of carboxylic acids is 1. The van der Waals surface area contributed by atoms with Gasteiger partial charge in [0.2, 0.25) is 0 Å². The molecule has 0 aromatic rings. The zero-order valence-electron chi connectivity index (χ0n) is 9.85. The van der Waals surface area contributed by atoms with Crippen LogP contribution in [-0.4, -0.2) is 47.3 Å². The molecule has 0 aromatic heterocycles. The molecule has 0 amide bonds. The first kappa shape index (κ1) is 13.2. The van der Waals surface area contributed by atoms with Crippen LogP contribution in [-0.2, 0) is 4.79 Å². The van der Waals surface area contributed by atoms with Gasteiger partial charge in [-0.25, -0.2) is 4.79 Å². The molecule has 0 aromatic carbocycles. The summed E-state index contributed by atoms with van der Waals surface area (Å²) in [7, 11) is 0. The molecule has 4 heteroatoms. The molecule has 0 spiro atoms. The van der Waals surface area contributed by atoms with Gasteiger partial charge in [0.25, 0.3) is 0 Å². The van der Waals surface area contributed by atoms with E-state index in [1.54, 1.807) is 0 Å². The number of likely N-dealkylation sites (tertiary alicyclic amines) is 1. The predicted molar refractivity (Wildman–Crippen MR) is 62.3 cm³/mol. The lowest BCUT2D eigenvalue weighted by molar-refractivity contribution is -0.132. The summed E-state index contributed by atoms with van der Waals surface area (Å²) in [6.07, 6.45) is 4.40. The zero-order chi connectivity index (χ0) is 12.0. The topological polar surface area (TPSA) is 60.8 Å². The van der Waals surface area contributed by atoms with Crippen LogP contribution < -0.4 is 0 Å². The Bertz CT molecular complexity index is 255. The summed E-state index contributed by atoms with van der Waals surface area (Å²) in [5.41, 5.74) is 0.490. The second kappa shape index (κ2) is 6.66. The maximum Gasteiger partial charge on any atom is 0.331 e. The van der Waals surface area contributed by atoms with E-state index in [0.29, 0.717) is 24.5 Å². The Labute approximate surface area is 96.6 Å². The molecule has 0 aliphatic carbocycles. The lowest BCUT2D eigenvalue weighted by Gasteiger charge is -2.30. The molecule has 0 saturated carbocycles. The Morgan fingerprint density at radius 1 is 1.44 bits per heavy atom. The fourth-order valence-electron chi connectivity index (χ4n) is 1.97. The predicted octanol–water partition coefficient (Wildman–Crippen LogP) is 1.11. The van der Waals surface area contributed by atoms with Gasteiger partial charge in [0, 0.05) is 18.7 Å². The van der Waals surface area contributed by atoms with E-state index in [9.17, 15) is 4.79 Å². The van der Waals surface area contributed by atoms with Crippen LogP contribution in [0.15, 0.2) is 11.6 Å². The molecule has 1 heterocycles. The number of aliphatic carboxylic acids is 1. The normalized spacial score (nSPS) is 20.0. The Kier molecular flexibility index (Phi) is 5.49. The molecule has 1 saturated heterocycles. The van der Waals surface area contributed by atoms with Gasteiger partial charge >= 0.3 is 5.97 Å². The fraction of sp³-hybridized carbons (Fsp3) is 0.750. The van der Waals surface area contributed by atoms with E-state index < -0.39 is 5.97 Å². The van der Waals surface area contributed by atoms with Crippen LogP contribution in [0.25, 0.3) is 0 Å². The summed E-state index contributed by atoms with van der Waals surface area (Å²) in [5.74, 6) is -0.377. The van der Waals surface area contributed by atoms with E-state index in [-0.39, 0.29) is 6.61 Å². The highest BCUT2D eigenvalue weighted by molar-refractivity contribution is 5.86. The van der Waals surface area contributed by atoms with Gasteiger partial charge in [-0.15, -0.1) is 0 Å². The monoisotopic (exact) mass is 227 g/mol. The minimum Gasteiger partial charge on any atom is -0.478 e. The number of piperidine rings is 1. The minimum absolute atomic E-state index is 0.277. The van der Waals surface area contributed by atoms with E-state index in [0.717, 1.165) is 25.9 Å². The van der Waals surface area contributed by atoms with Crippen molar-refractivity contribution in [2.45, 2.75) is 26.2 Å². The van der Waals surface area contributed by atoms with Gasteiger partial charge in [0.15, 0.2) is 0 Å². The van der Waals surface area contributed by atoms with E-state index in [1.807, 2.05) is 13.0 Å². The molecule has 16 heavy (non-hydrogen) atoms. The zero-order valence-corrected chi connectivity index (χ0v) is 9.85. The average molecular weight is 227 g/mol. The van der Waals surface area contributed by atoms with E-state index in [4.69, 9.17) is 10.2 Å². The molecule has 92 valence electrons. The SMILES string of the molecule is CCC(=CCN1CCC(CO)CC1)C(=O)O. The summed E-state index contributed by atoms with van der Waals surface area (Å²) in [6, 6.07) is 0. The van der Waals surface area contributed by atoms with Crippen molar-refractivity contribution in [3.63, 3.8) is 0 Å². The highest BCUT2D eigenvalue weighted by atomic mass is 16.4. The molecule has 1 aliphatic rings.